The Bertz CT molecular complexity index is 704. The van der Waals surface area contributed by atoms with Gasteiger partial charge in [-0.25, -0.2) is 4.98 Å². The van der Waals surface area contributed by atoms with E-state index in [0.29, 0.717) is 12.5 Å². The first kappa shape index (κ1) is 12.4. The van der Waals surface area contributed by atoms with Gasteiger partial charge in [0.1, 0.15) is 0 Å². The Morgan fingerprint density at radius 2 is 1.95 bits per heavy atom. The summed E-state index contributed by atoms with van der Waals surface area (Å²) in [7, 11) is 3.88. The highest BCUT2D eigenvalue weighted by Crippen LogP contribution is 2.20. The zero-order chi connectivity index (χ0) is 13.9. The van der Waals surface area contributed by atoms with E-state index < -0.39 is 0 Å². The Kier molecular flexibility index (Phi) is 3.20. The molecule has 0 spiro atoms. The molecule has 0 aliphatic heterocycles. The van der Waals surface area contributed by atoms with Crippen molar-refractivity contribution in [3.63, 3.8) is 0 Å². The van der Waals surface area contributed by atoms with E-state index in [1.807, 2.05) is 37.2 Å². The number of nitrogens with one attached hydrogen (secondary N) is 2. The Hall–Kier alpha value is -2.63. The van der Waals surface area contributed by atoms with Crippen molar-refractivity contribution in [3.05, 3.63) is 42.2 Å². The third-order valence-corrected chi connectivity index (χ3v) is 2.98. The third-order valence-electron chi connectivity index (χ3n) is 2.98. The van der Waals surface area contributed by atoms with Crippen molar-refractivity contribution < 1.29 is 0 Å². The summed E-state index contributed by atoms with van der Waals surface area (Å²) < 4.78 is 0. The van der Waals surface area contributed by atoms with Gasteiger partial charge in [-0.3, -0.25) is 0 Å². The van der Waals surface area contributed by atoms with Gasteiger partial charge < -0.3 is 15.2 Å². The van der Waals surface area contributed by atoms with Gasteiger partial charge in [0.2, 0.25) is 5.95 Å². The van der Waals surface area contributed by atoms with Gasteiger partial charge in [-0.2, -0.15) is 9.97 Å². The minimum Gasteiger partial charge on any atom is -0.361 e. The summed E-state index contributed by atoms with van der Waals surface area (Å²) >= 11 is 0. The topological polar surface area (TPSA) is 69.7 Å². The van der Waals surface area contributed by atoms with Gasteiger partial charge in [0.25, 0.3) is 0 Å². The van der Waals surface area contributed by atoms with E-state index in [2.05, 4.69) is 37.4 Å². The standard InChI is InChI=1S/C14H16N6/c1-20(2)13-11-12(17-9-16-11)18-14(19-13)15-8-10-6-4-3-5-7-10/h3-7,9H,8H2,1-2H3,(H2,15,16,17,18,19). The smallest absolute Gasteiger partial charge is 0.227 e. The van der Waals surface area contributed by atoms with Gasteiger partial charge in [0.05, 0.1) is 6.33 Å². The number of hydrogen-bond acceptors (Lipinski definition) is 5. The molecule has 0 atom stereocenters. The van der Waals surface area contributed by atoms with Crippen molar-refractivity contribution >= 4 is 22.9 Å². The van der Waals surface area contributed by atoms with E-state index >= 15 is 0 Å². The number of hydrogen-bond donors (Lipinski definition) is 2. The maximum atomic E-state index is 4.51. The van der Waals surface area contributed by atoms with E-state index in [0.717, 1.165) is 17.0 Å². The molecule has 1 aromatic carbocycles. The summed E-state index contributed by atoms with van der Waals surface area (Å²) in [5, 5.41) is 3.24. The van der Waals surface area contributed by atoms with Gasteiger partial charge in [0, 0.05) is 20.6 Å². The van der Waals surface area contributed by atoms with Crippen LogP contribution < -0.4 is 10.2 Å². The zero-order valence-corrected chi connectivity index (χ0v) is 11.5. The van der Waals surface area contributed by atoms with Crippen molar-refractivity contribution in [3.8, 4) is 0 Å². The molecule has 3 aromatic rings. The minimum atomic E-state index is 0.592. The summed E-state index contributed by atoms with van der Waals surface area (Å²) in [6.07, 6.45) is 1.63. The molecule has 0 fully saturated rings. The highest BCUT2D eigenvalue weighted by Gasteiger charge is 2.11. The quantitative estimate of drug-likeness (QED) is 0.757. The predicted molar refractivity (Wildman–Crippen MR) is 79.8 cm³/mol. The number of rotatable bonds is 4. The summed E-state index contributed by atoms with van der Waals surface area (Å²) in [4.78, 5) is 18.1. The summed E-state index contributed by atoms with van der Waals surface area (Å²) in [6, 6.07) is 10.2. The van der Waals surface area contributed by atoms with Crippen molar-refractivity contribution in [2.24, 2.45) is 0 Å². The molecular weight excluding hydrogens is 252 g/mol. The molecule has 20 heavy (non-hydrogen) atoms. The number of aromatic amines is 1. The van der Waals surface area contributed by atoms with Crippen molar-refractivity contribution in [1.29, 1.82) is 0 Å². The molecule has 0 amide bonds. The lowest BCUT2D eigenvalue weighted by Crippen LogP contribution is -2.13. The maximum Gasteiger partial charge on any atom is 0.227 e. The van der Waals surface area contributed by atoms with Gasteiger partial charge in [0.15, 0.2) is 17.0 Å². The minimum absolute atomic E-state index is 0.592. The lowest BCUT2D eigenvalue weighted by Gasteiger charge is -2.13. The normalized spacial score (nSPS) is 10.7. The number of fused-ring (bicyclic) bond motifs is 1. The van der Waals surface area contributed by atoms with Crippen LogP contribution in [0.5, 0.6) is 0 Å². The number of aromatic nitrogens is 4. The Labute approximate surface area is 116 Å². The molecule has 6 nitrogen and oxygen atoms in total. The van der Waals surface area contributed by atoms with Gasteiger partial charge in [-0.05, 0) is 5.56 Å². The molecular formula is C14H16N6. The van der Waals surface area contributed by atoms with E-state index in [9.17, 15) is 0 Å². The zero-order valence-electron chi connectivity index (χ0n) is 11.5. The average Bonchev–Trinajstić information content (AvgIpc) is 2.93. The molecule has 2 N–H and O–H groups in total. The van der Waals surface area contributed by atoms with Crippen LogP contribution in [0.4, 0.5) is 11.8 Å². The molecule has 0 radical (unpaired) electrons. The van der Waals surface area contributed by atoms with Crippen molar-refractivity contribution in [2.75, 3.05) is 24.3 Å². The van der Waals surface area contributed by atoms with E-state index in [-0.39, 0.29) is 0 Å². The molecule has 0 aliphatic carbocycles. The van der Waals surface area contributed by atoms with Gasteiger partial charge in [-0.15, -0.1) is 0 Å². The van der Waals surface area contributed by atoms with Crippen molar-refractivity contribution in [2.45, 2.75) is 6.54 Å². The second-order valence-electron chi connectivity index (χ2n) is 4.70. The molecule has 6 heteroatoms. The van der Waals surface area contributed by atoms with Crippen LogP contribution in [0.25, 0.3) is 11.2 Å². The van der Waals surface area contributed by atoms with Crippen LogP contribution in [0.15, 0.2) is 36.7 Å². The first-order valence-corrected chi connectivity index (χ1v) is 6.40. The lowest BCUT2D eigenvalue weighted by molar-refractivity contribution is 1.02. The first-order chi connectivity index (χ1) is 9.74. The van der Waals surface area contributed by atoms with Crippen LogP contribution in [-0.4, -0.2) is 34.0 Å². The second kappa shape index (κ2) is 5.16. The number of imidazole rings is 1. The van der Waals surface area contributed by atoms with Crippen LogP contribution in [-0.2, 0) is 6.54 Å². The summed E-state index contributed by atoms with van der Waals surface area (Å²) in [6.45, 7) is 0.688. The van der Waals surface area contributed by atoms with E-state index in [4.69, 9.17) is 0 Å². The molecule has 0 aliphatic rings. The van der Waals surface area contributed by atoms with Crippen LogP contribution >= 0.6 is 0 Å². The number of nitrogens with zero attached hydrogens (tertiary/aromatic N) is 4. The fourth-order valence-electron chi connectivity index (χ4n) is 1.99. The largest absolute Gasteiger partial charge is 0.361 e. The number of H-pyrrole nitrogens is 1. The average molecular weight is 268 g/mol. The molecule has 0 saturated carbocycles. The predicted octanol–water partition coefficient (Wildman–Crippen LogP) is 2.03. The monoisotopic (exact) mass is 268 g/mol. The summed E-state index contributed by atoms with van der Waals surface area (Å²) in [5.74, 6) is 1.39. The third kappa shape index (κ3) is 2.40. The number of anilines is 2. The Balaban J connectivity index is 1.88. The van der Waals surface area contributed by atoms with Crippen LogP contribution in [0, 0.1) is 0 Å². The SMILES string of the molecule is CN(C)c1nc(NCc2ccccc2)nc2[nH]cnc12. The molecule has 2 heterocycles. The van der Waals surface area contributed by atoms with Gasteiger partial charge in [-0.1, -0.05) is 30.3 Å². The Morgan fingerprint density at radius 3 is 2.70 bits per heavy atom. The fraction of sp³-hybridized carbons (Fsp3) is 0.214. The number of benzene rings is 1. The van der Waals surface area contributed by atoms with E-state index in [1.54, 1.807) is 6.33 Å². The maximum absolute atomic E-state index is 4.51. The first-order valence-electron chi connectivity index (χ1n) is 6.40. The molecule has 3 rings (SSSR count). The summed E-state index contributed by atoms with van der Waals surface area (Å²) in [5.41, 5.74) is 2.70. The fourth-order valence-corrected chi connectivity index (χ4v) is 1.99. The molecule has 0 bridgehead atoms. The van der Waals surface area contributed by atoms with Crippen LogP contribution in [0.1, 0.15) is 5.56 Å². The van der Waals surface area contributed by atoms with Crippen molar-refractivity contribution in [1.82, 2.24) is 19.9 Å². The van der Waals surface area contributed by atoms with Crippen LogP contribution in [0.3, 0.4) is 0 Å². The molecule has 102 valence electrons. The molecule has 2 aromatic heterocycles. The van der Waals surface area contributed by atoms with Gasteiger partial charge >= 0.3 is 0 Å². The lowest BCUT2D eigenvalue weighted by atomic mass is 10.2. The van der Waals surface area contributed by atoms with Crippen LogP contribution in [0.2, 0.25) is 0 Å². The highest BCUT2D eigenvalue weighted by atomic mass is 15.2. The Morgan fingerprint density at radius 1 is 1.15 bits per heavy atom. The molecule has 0 saturated heterocycles. The van der Waals surface area contributed by atoms with E-state index in [1.165, 1.54) is 5.56 Å². The highest BCUT2D eigenvalue weighted by molar-refractivity contribution is 5.84. The second-order valence-corrected chi connectivity index (χ2v) is 4.70. The molecule has 0 unspecified atom stereocenters.